The number of rotatable bonds is 3. The molecule has 3 heteroatoms. The van der Waals surface area contributed by atoms with E-state index in [1.807, 2.05) is 36.5 Å². The van der Waals surface area contributed by atoms with Gasteiger partial charge in [0, 0.05) is 11.8 Å². The Labute approximate surface area is 130 Å². The summed E-state index contributed by atoms with van der Waals surface area (Å²) in [5.41, 5.74) is 3.01. The Bertz CT molecular complexity index is 572. The fraction of sp³-hybridized carbons (Fsp3) is 0.389. The van der Waals surface area contributed by atoms with E-state index in [4.69, 9.17) is 15.7 Å². The Kier molecular flexibility index (Phi) is 4.19. The monoisotopic (exact) mass is 271 g/mol. The molecule has 2 aromatic rings. The first kappa shape index (κ1) is 14.4. The fourth-order valence-corrected chi connectivity index (χ4v) is 3.25. The summed E-state index contributed by atoms with van der Waals surface area (Å²) in [6.07, 6.45) is 7.85. The van der Waals surface area contributed by atoms with Crippen LogP contribution in [0.25, 0.3) is 11.3 Å². The number of pyridine rings is 1. The lowest BCUT2D eigenvalue weighted by Gasteiger charge is -2.38. The Morgan fingerprint density at radius 2 is 1.62 bits per heavy atom. The summed E-state index contributed by atoms with van der Waals surface area (Å²) in [4.78, 5) is 4.55. The first-order valence-corrected chi connectivity index (χ1v) is 7.77. The van der Waals surface area contributed by atoms with Gasteiger partial charge in [-0.15, -0.1) is 0 Å². The second kappa shape index (κ2) is 6.09. The average Bonchev–Trinajstić information content (AvgIpc) is 2.57. The predicted octanol–water partition coefficient (Wildman–Crippen LogP) is 3.82. The molecule has 0 saturated heterocycles. The molecule has 1 nitrogen and oxygen atoms in total. The van der Waals surface area contributed by atoms with E-state index in [1.165, 1.54) is 19.3 Å². The van der Waals surface area contributed by atoms with E-state index in [0.717, 1.165) is 29.7 Å². The first-order valence-electron chi connectivity index (χ1n) is 7.77. The SMILES string of the molecule is [B]C([B])(c1ccc(-c2ccccc2)nc1)C1CCCCC1. The van der Waals surface area contributed by atoms with Gasteiger partial charge in [-0.1, -0.05) is 73.7 Å². The average molecular weight is 271 g/mol. The molecule has 0 aliphatic heterocycles. The zero-order valence-electron chi connectivity index (χ0n) is 12.3. The molecule has 1 aliphatic rings. The molecular formula is C18H19B2N. The fourth-order valence-electron chi connectivity index (χ4n) is 3.25. The normalized spacial score (nSPS) is 16.8. The summed E-state index contributed by atoms with van der Waals surface area (Å²) in [5, 5.41) is -0.761. The summed E-state index contributed by atoms with van der Waals surface area (Å²) in [5.74, 6) is 0.357. The van der Waals surface area contributed by atoms with Crippen LogP contribution in [0, 0.1) is 5.92 Å². The zero-order valence-corrected chi connectivity index (χ0v) is 12.3. The minimum atomic E-state index is -0.761. The molecule has 1 saturated carbocycles. The van der Waals surface area contributed by atoms with Crippen LogP contribution in [0.2, 0.25) is 0 Å². The van der Waals surface area contributed by atoms with E-state index in [-0.39, 0.29) is 0 Å². The maximum atomic E-state index is 6.44. The van der Waals surface area contributed by atoms with Gasteiger partial charge in [0.2, 0.25) is 0 Å². The summed E-state index contributed by atoms with van der Waals surface area (Å²) in [6.45, 7) is 0. The zero-order chi connectivity index (χ0) is 14.7. The molecule has 0 atom stereocenters. The molecule has 0 bridgehead atoms. The van der Waals surface area contributed by atoms with E-state index < -0.39 is 5.21 Å². The molecule has 3 rings (SSSR count). The molecule has 102 valence electrons. The number of benzene rings is 1. The Morgan fingerprint density at radius 3 is 2.24 bits per heavy atom. The van der Waals surface area contributed by atoms with Crippen molar-refractivity contribution >= 4 is 15.7 Å². The van der Waals surface area contributed by atoms with Crippen molar-refractivity contribution in [2.24, 2.45) is 5.92 Å². The Hall–Kier alpha value is -1.50. The van der Waals surface area contributed by atoms with Crippen LogP contribution >= 0.6 is 0 Å². The van der Waals surface area contributed by atoms with E-state index in [2.05, 4.69) is 17.1 Å². The summed E-state index contributed by atoms with van der Waals surface area (Å²) >= 11 is 0. The van der Waals surface area contributed by atoms with Crippen molar-refractivity contribution < 1.29 is 0 Å². The molecule has 1 fully saturated rings. The highest BCUT2D eigenvalue weighted by Crippen LogP contribution is 2.37. The van der Waals surface area contributed by atoms with E-state index in [9.17, 15) is 0 Å². The van der Waals surface area contributed by atoms with Crippen LogP contribution < -0.4 is 0 Å². The highest BCUT2D eigenvalue weighted by atomic mass is 14.7. The van der Waals surface area contributed by atoms with Gasteiger partial charge in [0.25, 0.3) is 0 Å². The molecule has 1 heterocycles. The van der Waals surface area contributed by atoms with Crippen molar-refractivity contribution in [3.63, 3.8) is 0 Å². The van der Waals surface area contributed by atoms with Crippen molar-refractivity contribution in [3.8, 4) is 11.3 Å². The van der Waals surface area contributed by atoms with Crippen molar-refractivity contribution in [2.45, 2.75) is 37.3 Å². The van der Waals surface area contributed by atoms with Crippen molar-refractivity contribution in [2.75, 3.05) is 0 Å². The lowest BCUT2D eigenvalue weighted by Crippen LogP contribution is -2.37. The van der Waals surface area contributed by atoms with Gasteiger partial charge in [0.05, 0.1) is 21.4 Å². The van der Waals surface area contributed by atoms with Gasteiger partial charge in [-0.2, -0.15) is 0 Å². The molecule has 0 N–H and O–H groups in total. The van der Waals surface area contributed by atoms with Gasteiger partial charge in [-0.3, -0.25) is 4.98 Å². The smallest absolute Gasteiger partial charge is 0.0702 e. The molecule has 21 heavy (non-hydrogen) atoms. The molecule has 0 amide bonds. The van der Waals surface area contributed by atoms with Crippen molar-refractivity contribution in [3.05, 3.63) is 54.2 Å². The maximum Gasteiger partial charge on any atom is 0.0702 e. The molecule has 4 radical (unpaired) electrons. The Morgan fingerprint density at radius 1 is 0.905 bits per heavy atom. The van der Waals surface area contributed by atoms with Gasteiger partial charge in [-0.25, -0.2) is 0 Å². The van der Waals surface area contributed by atoms with Crippen molar-refractivity contribution in [1.29, 1.82) is 0 Å². The van der Waals surface area contributed by atoms with E-state index >= 15 is 0 Å². The highest BCUT2D eigenvalue weighted by molar-refractivity contribution is 6.40. The summed E-state index contributed by atoms with van der Waals surface area (Å²) in [7, 11) is 12.9. The Balaban J connectivity index is 1.83. The quantitative estimate of drug-likeness (QED) is 0.773. The molecule has 1 aromatic carbocycles. The van der Waals surface area contributed by atoms with E-state index in [0.29, 0.717) is 5.92 Å². The first-order chi connectivity index (χ1) is 10.2. The van der Waals surface area contributed by atoms with Crippen LogP contribution in [0.1, 0.15) is 37.7 Å². The molecular weight excluding hydrogens is 252 g/mol. The standard InChI is InChI=1S/C18H19B2N/c19-18(20,15-9-5-2-6-10-15)16-11-12-17(21-13-16)14-7-3-1-4-8-14/h1,3-4,7-8,11-13,15H,2,5-6,9-10H2. The second-order valence-corrected chi connectivity index (χ2v) is 6.07. The topological polar surface area (TPSA) is 12.9 Å². The van der Waals surface area contributed by atoms with Gasteiger partial charge in [0.1, 0.15) is 0 Å². The largest absolute Gasteiger partial charge is 0.256 e. The van der Waals surface area contributed by atoms with E-state index in [1.54, 1.807) is 0 Å². The van der Waals surface area contributed by atoms with Gasteiger partial charge in [-0.05, 0) is 17.5 Å². The maximum absolute atomic E-state index is 6.44. The van der Waals surface area contributed by atoms with Gasteiger partial charge in [0.15, 0.2) is 0 Å². The minimum absolute atomic E-state index is 0.357. The molecule has 0 unspecified atom stereocenters. The summed E-state index contributed by atoms with van der Waals surface area (Å²) in [6, 6.07) is 14.2. The third-order valence-electron chi connectivity index (χ3n) is 4.61. The number of aromatic nitrogens is 1. The molecule has 0 spiro atoms. The van der Waals surface area contributed by atoms with Gasteiger partial charge < -0.3 is 0 Å². The number of hydrogen-bond donors (Lipinski definition) is 0. The number of nitrogens with zero attached hydrogens (tertiary/aromatic N) is 1. The lowest BCUT2D eigenvalue weighted by molar-refractivity contribution is 0.326. The minimum Gasteiger partial charge on any atom is -0.256 e. The van der Waals surface area contributed by atoms with Crippen LogP contribution in [0.5, 0.6) is 0 Å². The van der Waals surface area contributed by atoms with Crippen molar-refractivity contribution in [1.82, 2.24) is 4.98 Å². The molecule has 1 aromatic heterocycles. The number of hydrogen-bond acceptors (Lipinski definition) is 1. The third kappa shape index (κ3) is 3.07. The molecule has 1 aliphatic carbocycles. The second-order valence-electron chi connectivity index (χ2n) is 6.07. The van der Waals surface area contributed by atoms with Gasteiger partial charge >= 0.3 is 0 Å². The van der Waals surface area contributed by atoms with Crippen LogP contribution in [0.15, 0.2) is 48.7 Å². The van der Waals surface area contributed by atoms with Crippen LogP contribution in [-0.2, 0) is 5.21 Å². The predicted molar refractivity (Wildman–Crippen MR) is 89.4 cm³/mol. The summed E-state index contributed by atoms with van der Waals surface area (Å²) < 4.78 is 0. The van der Waals surface area contributed by atoms with Crippen LogP contribution in [-0.4, -0.2) is 20.7 Å². The van der Waals surface area contributed by atoms with Crippen LogP contribution in [0.4, 0.5) is 0 Å². The van der Waals surface area contributed by atoms with Crippen LogP contribution in [0.3, 0.4) is 0 Å². The third-order valence-corrected chi connectivity index (χ3v) is 4.61. The lowest BCUT2D eigenvalue weighted by atomic mass is 9.43. The highest BCUT2D eigenvalue weighted by Gasteiger charge is 2.31.